The maximum Gasteiger partial charge on any atom is 0.326 e. The Morgan fingerprint density at radius 2 is 0.878 bits per heavy atom. The molecule has 38 nitrogen and oxygen atoms in total. The van der Waals surface area contributed by atoms with E-state index >= 15 is 0 Å². The predicted octanol–water partition coefficient (Wildman–Crippen LogP) is -6.27. The Morgan fingerprint density at radius 1 is 0.449 bits per heavy atom. The molecule has 98 heavy (non-hydrogen) atoms. The molecule has 38 heteroatoms. The molecule has 0 aliphatic carbocycles. The zero-order chi connectivity index (χ0) is 74.4. The van der Waals surface area contributed by atoms with E-state index in [4.69, 9.17) is 22.3 Å². The number of nitrogens with zero attached hydrogens (tertiary/aromatic N) is 2. The second-order valence-corrected chi connectivity index (χ2v) is 24.9. The lowest BCUT2D eigenvalue weighted by Crippen LogP contribution is -2.60. The minimum Gasteiger partial charge on any atom is -0.481 e. The number of carboxylic acids is 4. The Balaban J connectivity index is 2.16. The summed E-state index contributed by atoms with van der Waals surface area (Å²) in [6.45, 7) is 11.3. The number of unbranched alkanes of at least 4 members (excludes halogenated alkanes) is 1. The van der Waals surface area contributed by atoms with Crippen LogP contribution >= 0.6 is 0 Å². The van der Waals surface area contributed by atoms with Gasteiger partial charge in [-0.1, -0.05) is 34.1 Å². The quantitative estimate of drug-likeness (QED) is 0.0253. The van der Waals surface area contributed by atoms with Gasteiger partial charge in [0.25, 0.3) is 0 Å². The fourth-order valence-electron chi connectivity index (χ4n) is 10.4. The highest BCUT2D eigenvalue weighted by molar-refractivity contribution is 6.00. The number of hydrogen-bond acceptors (Lipinski definition) is 20. The first-order chi connectivity index (χ1) is 45.8. The molecule has 2 rings (SSSR count). The number of carbonyl (C=O) groups is 18. The first-order valence-electron chi connectivity index (χ1n) is 32.3. The Labute approximate surface area is 565 Å². The first kappa shape index (κ1) is 84.5. The van der Waals surface area contributed by atoms with Gasteiger partial charge < -0.3 is 106 Å². The van der Waals surface area contributed by atoms with Crippen LogP contribution in [0.3, 0.4) is 0 Å². The van der Waals surface area contributed by atoms with E-state index in [0.29, 0.717) is 32.2 Å². The van der Waals surface area contributed by atoms with Crippen LogP contribution in [0.1, 0.15) is 152 Å². The summed E-state index contributed by atoms with van der Waals surface area (Å²) in [6, 6.07) is -18.2. The highest BCUT2D eigenvalue weighted by Crippen LogP contribution is 2.21. The third kappa shape index (κ3) is 29.0. The van der Waals surface area contributed by atoms with Crippen LogP contribution in [0.25, 0.3) is 0 Å². The summed E-state index contributed by atoms with van der Waals surface area (Å²) < 4.78 is 0. The third-order valence-corrected chi connectivity index (χ3v) is 15.9. The van der Waals surface area contributed by atoms with E-state index in [9.17, 15) is 102 Å². The van der Waals surface area contributed by atoms with Gasteiger partial charge in [-0.3, -0.25) is 81.5 Å². The number of nitrogens with two attached hydrogens (primary N) is 3. The predicted molar refractivity (Wildman–Crippen MR) is 342 cm³/mol. The van der Waals surface area contributed by atoms with E-state index in [0.717, 1.165) is 16.7 Å². The Hall–Kier alpha value is -9.62. The SMILES string of the molecule is CC(C)C[C@H](NC(=O)[C@@H](NC(=O)[C@@H](N)CCCCN)C(C)C)C(=O)N[C@@H](CC(N)=O)C(=O)NCC(=O)N1CCC[C@H]1C(=O)N[C@@H](CCC(=O)O)C(=O)N[C@@H](CCC(=O)O)C(=O)N[C@@H](C)C(=O)N[C@@H](C)C(=O)N[C@@H](C)C(=O)N1CCC[C@H]1C(=O)N[C@@H](C)C(=O)N[C@@H](CCC(=O)O)C(=O)O. The molecule has 2 heterocycles. The summed E-state index contributed by atoms with van der Waals surface area (Å²) in [6.07, 6.45) is -2.32. The molecule has 0 unspecified atom stereocenters. The normalized spacial score (nSPS) is 17.6. The molecule has 2 saturated heterocycles. The fourth-order valence-corrected chi connectivity index (χ4v) is 10.4. The van der Waals surface area contributed by atoms with Crippen molar-refractivity contribution < 1.29 is 107 Å². The topological polar surface area (TPSA) is 605 Å². The molecule has 2 fully saturated rings. The summed E-state index contributed by atoms with van der Waals surface area (Å²) in [5, 5.41) is 63.6. The average Bonchev–Trinajstić information content (AvgIpc) is 1.65. The van der Waals surface area contributed by atoms with Crippen molar-refractivity contribution in [3.05, 3.63) is 0 Å². The summed E-state index contributed by atoms with van der Waals surface area (Å²) in [5.41, 5.74) is 17.0. The van der Waals surface area contributed by atoms with Gasteiger partial charge in [-0.05, 0) is 110 Å². The Morgan fingerprint density at radius 3 is 1.39 bits per heavy atom. The fraction of sp³-hybridized carbons (Fsp3) is 0.700. The second-order valence-electron chi connectivity index (χ2n) is 24.9. The molecule has 0 bridgehead atoms. The van der Waals surface area contributed by atoms with Gasteiger partial charge in [0.2, 0.25) is 82.7 Å². The second kappa shape index (κ2) is 41.5. The van der Waals surface area contributed by atoms with Gasteiger partial charge in [0.05, 0.1) is 19.0 Å². The minimum atomic E-state index is -1.77. The van der Waals surface area contributed by atoms with E-state index < -0.39 is 243 Å². The molecule has 2 aliphatic heterocycles. The van der Waals surface area contributed by atoms with Gasteiger partial charge in [0, 0.05) is 32.4 Å². The van der Waals surface area contributed by atoms with Crippen LogP contribution in [0.15, 0.2) is 0 Å². The van der Waals surface area contributed by atoms with E-state index in [-0.39, 0.29) is 44.7 Å². The smallest absolute Gasteiger partial charge is 0.326 e. The average molecular weight is 1400 g/mol. The zero-order valence-corrected chi connectivity index (χ0v) is 56.4. The summed E-state index contributed by atoms with van der Waals surface area (Å²) in [7, 11) is 0. The summed E-state index contributed by atoms with van der Waals surface area (Å²) in [4.78, 5) is 236. The number of rotatable bonds is 43. The van der Waals surface area contributed by atoms with E-state index in [1.54, 1.807) is 27.7 Å². The van der Waals surface area contributed by atoms with Gasteiger partial charge in [-0.2, -0.15) is 0 Å². The van der Waals surface area contributed by atoms with E-state index in [1.165, 1.54) is 20.8 Å². The van der Waals surface area contributed by atoms with Crippen LogP contribution in [-0.4, -0.2) is 242 Å². The van der Waals surface area contributed by atoms with Gasteiger partial charge >= 0.3 is 23.9 Å². The molecule has 2 aliphatic rings. The molecule has 0 spiro atoms. The number of likely N-dealkylation sites (tertiary alicyclic amines) is 2. The van der Waals surface area contributed by atoms with Crippen molar-refractivity contribution in [1.29, 1.82) is 0 Å². The standard InChI is InChI=1S/C60H98N16O22/c1-28(2)25-38(73-58(95)47(29(3)4)74-51(88)34(62)13-9-10-22-61)55(92)72-39(26-42(63)77)52(89)64-27-43(78)75-23-11-14-40(75)57(94)70-36(17-20-45(81)82)54(91)69-35(16-19-44(79)80)53(90)66-31(6)48(85)65-30(5)49(86)68-33(8)59(96)76-24-12-15-41(76)56(93)67-32(7)50(87)71-37(60(97)98)18-21-46(83)84/h28-41,47H,9-27,61-62H2,1-8H3,(H2,63,77)(H,64,89)(H,65,85)(H,66,90)(H,67,93)(H,68,86)(H,69,91)(H,70,94)(H,71,87)(H,72,92)(H,73,95)(H,74,88)(H,79,80)(H,81,82)(H,83,84)(H,97,98)/t30-,31-,32-,33-,34-,35-,36-,37-,38-,39-,40-,41-,47-/m0/s1. The molecule has 14 amide bonds. The summed E-state index contributed by atoms with van der Waals surface area (Å²) >= 11 is 0. The van der Waals surface area contributed by atoms with Gasteiger partial charge in [-0.25, -0.2) is 4.79 Å². The maximum absolute atomic E-state index is 14.0. The number of nitrogens with one attached hydrogen (secondary N) is 11. The van der Waals surface area contributed by atoms with Crippen LogP contribution in [0.4, 0.5) is 0 Å². The van der Waals surface area contributed by atoms with Crippen molar-refractivity contribution in [3.8, 4) is 0 Å². The molecule has 0 aromatic heterocycles. The van der Waals surface area contributed by atoms with Crippen molar-refractivity contribution in [2.24, 2.45) is 29.0 Å². The molecule has 0 aromatic carbocycles. The largest absolute Gasteiger partial charge is 0.481 e. The molecule has 0 aromatic rings. The number of amides is 14. The van der Waals surface area contributed by atoms with Gasteiger partial charge in [0.1, 0.15) is 72.5 Å². The molecule has 21 N–H and O–H groups in total. The number of primary amides is 1. The van der Waals surface area contributed by atoms with Crippen LogP contribution in [0.2, 0.25) is 0 Å². The lowest BCUT2D eigenvalue weighted by atomic mass is 9.99. The number of aliphatic carboxylic acids is 4. The van der Waals surface area contributed by atoms with Crippen molar-refractivity contribution in [2.45, 2.75) is 230 Å². The van der Waals surface area contributed by atoms with E-state index in [2.05, 4.69) is 58.5 Å². The lowest BCUT2D eigenvalue weighted by molar-refractivity contribution is -0.144. The lowest BCUT2D eigenvalue weighted by Gasteiger charge is -2.29. The van der Waals surface area contributed by atoms with Crippen LogP contribution in [-0.2, 0) is 86.3 Å². The highest BCUT2D eigenvalue weighted by atomic mass is 16.4. The third-order valence-electron chi connectivity index (χ3n) is 15.9. The van der Waals surface area contributed by atoms with Gasteiger partial charge in [-0.15, -0.1) is 0 Å². The molecule has 0 radical (unpaired) electrons. The van der Waals surface area contributed by atoms with Crippen molar-refractivity contribution in [3.63, 3.8) is 0 Å². The summed E-state index contributed by atoms with van der Waals surface area (Å²) in [5.74, 6) is -19.4. The zero-order valence-electron chi connectivity index (χ0n) is 56.4. The number of hydrogen-bond donors (Lipinski definition) is 18. The van der Waals surface area contributed by atoms with Crippen molar-refractivity contribution in [2.75, 3.05) is 26.2 Å². The minimum absolute atomic E-state index is 0.0163. The molecular weight excluding hydrogens is 1300 g/mol. The van der Waals surface area contributed by atoms with Crippen LogP contribution in [0.5, 0.6) is 0 Å². The highest BCUT2D eigenvalue weighted by Gasteiger charge is 2.41. The molecule has 13 atom stereocenters. The number of carbonyl (C=O) groups excluding carboxylic acids is 14. The molecule has 550 valence electrons. The van der Waals surface area contributed by atoms with Crippen LogP contribution < -0.4 is 75.7 Å². The monoisotopic (exact) mass is 1390 g/mol. The maximum atomic E-state index is 14.0. The first-order valence-corrected chi connectivity index (χ1v) is 32.3. The van der Waals surface area contributed by atoms with Crippen molar-refractivity contribution >= 4 is 107 Å². The molecule has 0 saturated carbocycles. The number of carboxylic acid groups (broad SMARTS) is 4. The van der Waals surface area contributed by atoms with Crippen molar-refractivity contribution in [1.82, 2.24) is 68.3 Å². The molecular formula is C60H98N16O22. The van der Waals surface area contributed by atoms with Crippen LogP contribution in [0, 0.1) is 11.8 Å². The Bertz CT molecular complexity index is 2910. The van der Waals surface area contributed by atoms with E-state index in [1.807, 2.05) is 0 Å². The van der Waals surface area contributed by atoms with Gasteiger partial charge in [0.15, 0.2) is 0 Å². The Kier molecular flexibility index (Phi) is 35.7.